The molecule has 0 saturated carbocycles. The Kier molecular flexibility index (Phi) is 3.57. The Bertz CT molecular complexity index is 527. The van der Waals surface area contributed by atoms with Crippen LogP contribution in [0.25, 0.3) is 0 Å². The highest BCUT2D eigenvalue weighted by molar-refractivity contribution is 6.33. The summed E-state index contributed by atoms with van der Waals surface area (Å²) in [7, 11) is 0. The number of hydrogen-bond donors (Lipinski definition) is 3. The molecule has 0 spiro atoms. The number of aromatic amines is 1. The minimum atomic E-state index is -0.760. The molecule has 0 fully saturated rings. The number of benzene rings is 1. The third-order valence-corrected chi connectivity index (χ3v) is 3.08. The monoisotopic (exact) mass is 271 g/mol. The van der Waals surface area contributed by atoms with E-state index in [0.29, 0.717) is 27.8 Å². The van der Waals surface area contributed by atoms with Crippen molar-refractivity contribution in [3.05, 3.63) is 45.6 Å². The van der Waals surface area contributed by atoms with Crippen LogP contribution < -0.4 is 5.73 Å². The Hall–Kier alpha value is -1.23. The summed E-state index contributed by atoms with van der Waals surface area (Å²) in [4.78, 5) is 0. The smallest absolute Gasteiger partial charge is 0.124 e. The highest BCUT2D eigenvalue weighted by atomic mass is 35.5. The normalized spacial score (nSPS) is 12.6. The summed E-state index contributed by atoms with van der Waals surface area (Å²) in [5.74, 6) is 0.357. The fraction of sp³-hybridized carbons (Fsp3) is 0.182. The minimum absolute atomic E-state index is 0.336. The molecule has 0 aliphatic heterocycles. The number of nitrogens with zero attached hydrogens (tertiary/aromatic N) is 1. The largest absolute Gasteiger partial charge is 0.388 e. The molecule has 4 N–H and O–H groups in total. The van der Waals surface area contributed by atoms with E-state index >= 15 is 0 Å². The van der Waals surface area contributed by atoms with Crippen LogP contribution in [0.1, 0.15) is 17.2 Å². The van der Waals surface area contributed by atoms with E-state index in [4.69, 9.17) is 28.9 Å². The Labute approximate surface area is 108 Å². The van der Waals surface area contributed by atoms with E-state index < -0.39 is 6.10 Å². The summed E-state index contributed by atoms with van der Waals surface area (Å²) >= 11 is 11.9. The van der Waals surface area contributed by atoms with E-state index in [1.54, 1.807) is 18.2 Å². The van der Waals surface area contributed by atoms with Crippen LogP contribution in [0.4, 0.5) is 5.82 Å². The second kappa shape index (κ2) is 4.96. The molecule has 2 rings (SSSR count). The second-order valence-electron chi connectivity index (χ2n) is 3.69. The maximum Gasteiger partial charge on any atom is 0.124 e. The lowest BCUT2D eigenvalue weighted by molar-refractivity contribution is 0.179. The second-order valence-corrected chi connectivity index (χ2v) is 4.54. The Morgan fingerprint density at radius 2 is 2.18 bits per heavy atom. The van der Waals surface area contributed by atoms with Gasteiger partial charge in [0.25, 0.3) is 0 Å². The Morgan fingerprint density at radius 3 is 2.82 bits per heavy atom. The number of halogens is 2. The maximum atomic E-state index is 10.0. The molecule has 0 amide bonds. The van der Waals surface area contributed by atoms with Crippen molar-refractivity contribution in [3.8, 4) is 0 Å². The fourth-order valence-electron chi connectivity index (χ4n) is 1.59. The summed E-state index contributed by atoms with van der Waals surface area (Å²) in [5.41, 5.74) is 6.95. The molecule has 0 bridgehead atoms. The van der Waals surface area contributed by atoms with Crippen LogP contribution in [0.2, 0.25) is 10.0 Å². The van der Waals surface area contributed by atoms with Gasteiger partial charge in [0.15, 0.2) is 0 Å². The van der Waals surface area contributed by atoms with Gasteiger partial charge in [0.05, 0.1) is 12.3 Å². The van der Waals surface area contributed by atoms with Gasteiger partial charge in [-0.1, -0.05) is 23.2 Å². The summed E-state index contributed by atoms with van der Waals surface area (Å²) < 4.78 is 0. The van der Waals surface area contributed by atoms with Gasteiger partial charge in [-0.25, -0.2) is 0 Å². The molecule has 0 radical (unpaired) electrons. The molecule has 1 aromatic carbocycles. The zero-order chi connectivity index (χ0) is 12.4. The van der Waals surface area contributed by atoms with Gasteiger partial charge in [-0.3, -0.25) is 5.10 Å². The van der Waals surface area contributed by atoms with E-state index in [1.807, 2.05) is 0 Å². The van der Waals surface area contributed by atoms with E-state index in [9.17, 15) is 5.11 Å². The van der Waals surface area contributed by atoms with Crippen LogP contribution in [0, 0.1) is 0 Å². The molecule has 90 valence electrons. The zero-order valence-corrected chi connectivity index (χ0v) is 10.3. The van der Waals surface area contributed by atoms with E-state index in [0.717, 1.165) is 5.56 Å². The summed E-state index contributed by atoms with van der Waals surface area (Å²) in [6.07, 6.45) is 1.08. The van der Waals surface area contributed by atoms with Crippen LogP contribution >= 0.6 is 23.2 Å². The average Bonchev–Trinajstić information content (AvgIpc) is 2.70. The average molecular weight is 272 g/mol. The minimum Gasteiger partial charge on any atom is -0.388 e. The summed E-state index contributed by atoms with van der Waals surface area (Å²) in [5, 5.41) is 17.5. The molecule has 1 unspecified atom stereocenters. The first kappa shape index (κ1) is 12.2. The number of aliphatic hydroxyl groups is 1. The van der Waals surface area contributed by atoms with Crippen molar-refractivity contribution < 1.29 is 5.11 Å². The fourth-order valence-corrected chi connectivity index (χ4v) is 1.98. The van der Waals surface area contributed by atoms with Gasteiger partial charge >= 0.3 is 0 Å². The lowest BCUT2D eigenvalue weighted by atomic mass is 10.0. The first-order valence-corrected chi connectivity index (χ1v) is 5.74. The molecule has 2 aromatic rings. The van der Waals surface area contributed by atoms with Crippen molar-refractivity contribution >= 4 is 29.0 Å². The summed E-state index contributed by atoms with van der Waals surface area (Å²) in [6.45, 7) is 0. The molecule has 4 nitrogen and oxygen atoms in total. The molecule has 0 saturated heterocycles. The van der Waals surface area contributed by atoms with Gasteiger partial charge in [0.1, 0.15) is 5.82 Å². The molecule has 1 atom stereocenters. The van der Waals surface area contributed by atoms with Crippen LogP contribution in [0.3, 0.4) is 0 Å². The number of aliphatic hydroxyl groups excluding tert-OH is 1. The lowest BCUT2D eigenvalue weighted by Gasteiger charge is -2.11. The van der Waals surface area contributed by atoms with E-state index in [1.165, 1.54) is 6.20 Å². The van der Waals surface area contributed by atoms with Gasteiger partial charge < -0.3 is 10.8 Å². The van der Waals surface area contributed by atoms with Gasteiger partial charge in [-0.2, -0.15) is 5.10 Å². The van der Waals surface area contributed by atoms with E-state index in [2.05, 4.69) is 10.2 Å². The number of nitrogens with one attached hydrogen (secondary N) is 1. The molecule has 17 heavy (non-hydrogen) atoms. The number of H-pyrrole nitrogens is 1. The van der Waals surface area contributed by atoms with Crippen molar-refractivity contribution in [1.29, 1.82) is 0 Å². The summed E-state index contributed by atoms with van der Waals surface area (Å²) in [6, 6.07) is 5.13. The van der Waals surface area contributed by atoms with Crippen molar-refractivity contribution in [2.45, 2.75) is 12.5 Å². The van der Waals surface area contributed by atoms with Crippen molar-refractivity contribution in [2.24, 2.45) is 0 Å². The van der Waals surface area contributed by atoms with Crippen LogP contribution in [0.15, 0.2) is 24.4 Å². The molecular formula is C11H11Cl2N3O. The van der Waals surface area contributed by atoms with Crippen LogP contribution in [-0.2, 0) is 6.42 Å². The highest BCUT2D eigenvalue weighted by Gasteiger charge is 2.15. The van der Waals surface area contributed by atoms with Gasteiger partial charge in [0.2, 0.25) is 0 Å². The van der Waals surface area contributed by atoms with Crippen molar-refractivity contribution in [2.75, 3.05) is 5.73 Å². The maximum absolute atomic E-state index is 10.0. The lowest BCUT2D eigenvalue weighted by Crippen LogP contribution is -2.04. The highest BCUT2D eigenvalue weighted by Crippen LogP contribution is 2.27. The zero-order valence-electron chi connectivity index (χ0n) is 8.82. The molecule has 1 aromatic heterocycles. The number of rotatable bonds is 3. The molecule has 0 aliphatic carbocycles. The predicted octanol–water partition coefficient (Wildman–Crippen LogP) is 2.57. The Balaban J connectivity index is 2.21. The van der Waals surface area contributed by atoms with Gasteiger partial charge in [-0.15, -0.1) is 0 Å². The third kappa shape index (κ3) is 2.72. The topological polar surface area (TPSA) is 74.9 Å². The predicted molar refractivity (Wildman–Crippen MR) is 68.1 cm³/mol. The number of aromatic nitrogens is 2. The van der Waals surface area contributed by atoms with Crippen molar-refractivity contribution in [3.63, 3.8) is 0 Å². The number of hydrogen-bond acceptors (Lipinski definition) is 3. The molecule has 0 aliphatic rings. The van der Waals surface area contributed by atoms with Crippen LogP contribution in [0.5, 0.6) is 0 Å². The van der Waals surface area contributed by atoms with Crippen molar-refractivity contribution in [1.82, 2.24) is 10.2 Å². The standard InChI is InChI=1S/C11H11Cl2N3O/c12-7-1-2-9(13)6(3-7)4-10(17)8-5-15-16-11(8)14/h1-3,5,10,17H,4H2,(H3,14,15,16). The first-order chi connectivity index (χ1) is 8.08. The van der Waals surface area contributed by atoms with Crippen LogP contribution in [-0.4, -0.2) is 15.3 Å². The van der Waals surface area contributed by atoms with Gasteiger partial charge in [-0.05, 0) is 23.8 Å². The Morgan fingerprint density at radius 1 is 1.41 bits per heavy atom. The van der Waals surface area contributed by atoms with Gasteiger partial charge in [0, 0.05) is 22.0 Å². The number of anilines is 1. The third-order valence-electron chi connectivity index (χ3n) is 2.48. The molecule has 1 heterocycles. The van der Waals surface area contributed by atoms with E-state index in [-0.39, 0.29) is 0 Å². The number of nitrogens with two attached hydrogens (primary N) is 1. The first-order valence-electron chi connectivity index (χ1n) is 4.98. The SMILES string of the molecule is Nc1[nH]ncc1C(O)Cc1cc(Cl)ccc1Cl. The molecular weight excluding hydrogens is 261 g/mol. The molecule has 6 heteroatoms. The number of nitrogen functional groups attached to an aromatic ring is 1. The quantitative estimate of drug-likeness (QED) is 0.803.